The Kier molecular flexibility index (Phi) is 5.25. The van der Waals surface area contributed by atoms with Gasteiger partial charge >= 0.3 is 6.09 Å². The zero-order valence-electron chi connectivity index (χ0n) is 16.4. The van der Waals surface area contributed by atoms with Crippen molar-refractivity contribution in [2.45, 2.75) is 24.8 Å². The van der Waals surface area contributed by atoms with Gasteiger partial charge < -0.3 is 10.0 Å². The van der Waals surface area contributed by atoms with Crippen LogP contribution in [0.25, 0.3) is 11.1 Å². The van der Waals surface area contributed by atoms with Crippen molar-refractivity contribution in [3.8, 4) is 11.1 Å². The number of amides is 2. The SMILES string of the molecule is CC(=O)N1c2cc([N+](=O)[O-])c(-c3ccc(S(C)(=O)=O)cc3)cc2N(C(=O)O)CC1C. The molecule has 0 spiro atoms. The molecule has 1 atom stereocenters. The Morgan fingerprint density at radius 1 is 1.17 bits per heavy atom. The van der Waals surface area contributed by atoms with Crippen LogP contribution in [0.2, 0.25) is 0 Å². The van der Waals surface area contributed by atoms with Crippen molar-refractivity contribution in [3.05, 3.63) is 46.5 Å². The van der Waals surface area contributed by atoms with Gasteiger partial charge in [-0.3, -0.25) is 19.8 Å². The maximum atomic E-state index is 12.1. The van der Waals surface area contributed by atoms with Crippen molar-refractivity contribution >= 4 is 38.9 Å². The molecule has 0 radical (unpaired) electrons. The maximum Gasteiger partial charge on any atom is 0.411 e. The number of sulfone groups is 1. The van der Waals surface area contributed by atoms with E-state index >= 15 is 0 Å². The Balaban J connectivity index is 2.28. The third-order valence-electron chi connectivity index (χ3n) is 4.89. The molecule has 1 aliphatic rings. The number of nitrogens with zero attached hydrogens (tertiary/aromatic N) is 3. The molecule has 30 heavy (non-hydrogen) atoms. The molecule has 1 unspecified atom stereocenters. The van der Waals surface area contributed by atoms with E-state index in [0.29, 0.717) is 5.56 Å². The summed E-state index contributed by atoms with van der Waals surface area (Å²) in [6.07, 6.45) is -0.204. The summed E-state index contributed by atoms with van der Waals surface area (Å²) in [5.74, 6) is -0.367. The van der Waals surface area contributed by atoms with E-state index in [1.165, 1.54) is 48.2 Å². The van der Waals surface area contributed by atoms with E-state index < -0.39 is 26.9 Å². The predicted octanol–water partition coefficient (Wildman–Crippen LogP) is 2.90. The molecule has 1 aliphatic heterocycles. The molecule has 1 heterocycles. The number of fused-ring (bicyclic) bond motifs is 1. The van der Waals surface area contributed by atoms with Gasteiger partial charge in [0.1, 0.15) is 0 Å². The summed E-state index contributed by atoms with van der Waals surface area (Å²) < 4.78 is 23.4. The zero-order valence-corrected chi connectivity index (χ0v) is 17.2. The number of nitro benzene ring substituents is 1. The van der Waals surface area contributed by atoms with E-state index in [4.69, 9.17) is 0 Å². The molecule has 0 aromatic heterocycles. The Morgan fingerprint density at radius 3 is 2.23 bits per heavy atom. The lowest BCUT2D eigenvalue weighted by atomic mass is 9.99. The van der Waals surface area contributed by atoms with Gasteiger partial charge in [0.05, 0.1) is 32.8 Å². The lowest BCUT2D eigenvalue weighted by Gasteiger charge is -2.39. The van der Waals surface area contributed by atoms with E-state index in [1.807, 2.05) is 0 Å². The number of carbonyl (C=O) groups is 2. The quantitative estimate of drug-likeness (QED) is 0.580. The van der Waals surface area contributed by atoms with E-state index in [1.54, 1.807) is 6.92 Å². The summed E-state index contributed by atoms with van der Waals surface area (Å²) in [6, 6.07) is 7.51. The molecule has 2 amide bonds. The zero-order chi connectivity index (χ0) is 22.4. The van der Waals surface area contributed by atoms with Crippen molar-refractivity contribution < 1.29 is 28.0 Å². The molecule has 158 valence electrons. The highest BCUT2D eigenvalue weighted by molar-refractivity contribution is 7.90. The van der Waals surface area contributed by atoms with Gasteiger partial charge in [0.15, 0.2) is 9.84 Å². The number of nitro groups is 1. The lowest BCUT2D eigenvalue weighted by molar-refractivity contribution is -0.384. The first-order valence-corrected chi connectivity index (χ1v) is 10.7. The summed E-state index contributed by atoms with van der Waals surface area (Å²) in [5, 5.41) is 21.4. The van der Waals surface area contributed by atoms with E-state index in [0.717, 1.165) is 11.2 Å². The molecule has 2 aromatic rings. The first-order chi connectivity index (χ1) is 13.9. The standard InChI is InChI=1S/C19H19N3O7S/c1-11-10-20(19(24)25)17-8-15(13-4-6-14(7-5-13)30(3,28)29)16(22(26)27)9-18(17)21(11)12(2)23/h4-9,11H,10H2,1-3H3,(H,24,25). The molecule has 0 bridgehead atoms. The number of hydrogen-bond acceptors (Lipinski definition) is 6. The molecule has 1 N–H and O–H groups in total. The first-order valence-electron chi connectivity index (χ1n) is 8.85. The van der Waals surface area contributed by atoms with Gasteiger partial charge in [-0.25, -0.2) is 13.2 Å². The minimum Gasteiger partial charge on any atom is -0.465 e. The average Bonchev–Trinajstić information content (AvgIpc) is 2.65. The average molecular weight is 433 g/mol. The highest BCUT2D eigenvalue weighted by Gasteiger charge is 2.36. The molecule has 0 aliphatic carbocycles. The number of carboxylic acid groups (broad SMARTS) is 1. The third kappa shape index (κ3) is 3.71. The number of anilines is 2. The third-order valence-corrected chi connectivity index (χ3v) is 6.02. The molecule has 0 fully saturated rings. The Hall–Kier alpha value is -3.47. The summed E-state index contributed by atoms with van der Waals surface area (Å²) in [6.45, 7) is 2.97. The Labute approximate surface area is 172 Å². The van der Waals surface area contributed by atoms with E-state index in [2.05, 4.69) is 0 Å². The monoisotopic (exact) mass is 433 g/mol. The molecule has 10 nitrogen and oxygen atoms in total. The van der Waals surface area contributed by atoms with Crippen LogP contribution in [0.3, 0.4) is 0 Å². The highest BCUT2D eigenvalue weighted by atomic mass is 32.2. The Bertz CT molecular complexity index is 1160. The number of carbonyl (C=O) groups excluding carboxylic acids is 1. The van der Waals surface area contributed by atoms with Gasteiger partial charge in [-0.1, -0.05) is 12.1 Å². The first kappa shape index (κ1) is 21.2. The summed E-state index contributed by atoms with van der Waals surface area (Å²) >= 11 is 0. The van der Waals surface area contributed by atoms with Crippen LogP contribution >= 0.6 is 0 Å². The fourth-order valence-corrected chi connectivity index (χ4v) is 4.21. The lowest BCUT2D eigenvalue weighted by Crippen LogP contribution is -2.51. The van der Waals surface area contributed by atoms with Crippen LogP contribution in [0, 0.1) is 10.1 Å². The second-order valence-corrected chi connectivity index (χ2v) is 9.06. The summed E-state index contributed by atoms with van der Waals surface area (Å²) in [7, 11) is -3.45. The van der Waals surface area contributed by atoms with E-state index in [-0.39, 0.29) is 40.0 Å². The van der Waals surface area contributed by atoms with Gasteiger partial charge in [0.25, 0.3) is 5.69 Å². The maximum absolute atomic E-state index is 12.1. The number of rotatable bonds is 3. The van der Waals surface area contributed by atoms with Crippen LogP contribution in [0.5, 0.6) is 0 Å². The summed E-state index contributed by atoms with van der Waals surface area (Å²) in [5.41, 5.74) is 0.403. The van der Waals surface area contributed by atoms with Crippen molar-refractivity contribution in [1.82, 2.24) is 0 Å². The summed E-state index contributed by atoms with van der Waals surface area (Å²) in [4.78, 5) is 37.5. The van der Waals surface area contributed by atoms with E-state index in [9.17, 15) is 33.2 Å². The minimum atomic E-state index is -3.45. The van der Waals surface area contributed by atoms with Gasteiger partial charge in [-0.05, 0) is 30.7 Å². The molecule has 0 saturated heterocycles. The number of hydrogen-bond donors (Lipinski definition) is 1. The van der Waals surface area contributed by atoms with Gasteiger partial charge in [-0.2, -0.15) is 0 Å². The molecular weight excluding hydrogens is 414 g/mol. The fourth-order valence-electron chi connectivity index (χ4n) is 3.58. The predicted molar refractivity (Wildman–Crippen MR) is 110 cm³/mol. The molecular formula is C19H19N3O7S. The van der Waals surface area contributed by atoms with Crippen molar-refractivity contribution in [1.29, 1.82) is 0 Å². The Morgan fingerprint density at radius 2 is 1.77 bits per heavy atom. The smallest absolute Gasteiger partial charge is 0.411 e. The largest absolute Gasteiger partial charge is 0.465 e. The normalized spacial score (nSPS) is 16.2. The van der Waals surface area contributed by atoms with Crippen LogP contribution in [0.4, 0.5) is 21.9 Å². The molecule has 2 aromatic carbocycles. The van der Waals surface area contributed by atoms with Crippen LogP contribution in [0.15, 0.2) is 41.3 Å². The van der Waals surface area contributed by atoms with Crippen LogP contribution in [0.1, 0.15) is 13.8 Å². The van der Waals surface area contributed by atoms with Gasteiger partial charge in [0.2, 0.25) is 5.91 Å². The van der Waals surface area contributed by atoms with Crippen molar-refractivity contribution in [2.24, 2.45) is 0 Å². The molecule has 0 saturated carbocycles. The van der Waals surface area contributed by atoms with Crippen molar-refractivity contribution in [3.63, 3.8) is 0 Å². The minimum absolute atomic E-state index is 0.00613. The van der Waals surface area contributed by atoms with Crippen LogP contribution in [-0.4, -0.2) is 49.3 Å². The van der Waals surface area contributed by atoms with Crippen LogP contribution in [-0.2, 0) is 14.6 Å². The van der Waals surface area contributed by atoms with Crippen molar-refractivity contribution in [2.75, 3.05) is 22.6 Å². The van der Waals surface area contributed by atoms with Gasteiger partial charge in [-0.15, -0.1) is 0 Å². The molecule has 3 rings (SSSR count). The fraction of sp³-hybridized carbons (Fsp3) is 0.263. The second-order valence-electron chi connectivity index (χ2n) is 7.04. The highest BCUT2D eigenvalue weighted by Crippen LogP contribution is 2.44. The molecule has 11 heteroatoms. The number of benzene rings is 2. The van der Waals surface area contributed by atoms with Crippen LogP contribution < -0.4 is 9.80 Å². The topological polar surface area (TPSA) is 138 Å². The second kappa shape index (κ2) is 7.41. The van der Waals surface area contributed by atoms with Gasteiger partial charge in [0, 0.05) is 25.8 Å².